The number of hydrogen-bond donors (Lipinski definition) is 2. The summed E-state index contributed by atoms with van der Waals surface area (Å²) in [6, 6.07) is 7.25. The molecule has 21 heavy (non-hydrogen) atoms. The fraction of sp³-hybridized carbons (Fsp3) is 0.625. The largest absolute Gasteiger partial charge is 0.384 e. The predicted molar refractivity (Wildman–Crippen MR) is 84.9 cm³/mol. The molecule has 0 saturated heterocycles. The van der Waals surface area contributed by atoms with Crippen molar-refractivity contribution in [3.05, 3.63) is 24.3 Å². The SMILES string of the molecule is CCC1(CNc2ccc(S(=O)(=O)NC3CC3)cc2)CCC1. The lowest BCUT2D eigenvalue weighted by molar-refractivity contribution is 0.145. The zero-order chi connectivity index (χ0) is 14.9. The lowest BCUT2D eigenvalue weighted by atomic mass is 9.67. The van der Waals surface area contributed by atoms with E-state index < -0.39 is 10.0 Å². The fourth-order valence-electron chi connectivity index (χ4n) is 2.86. The van der Waals surface area contributed by atoms with Crippen LogP contribution in [0.2, 0.25) is 0 Å². The maximum Gasteiger partial charge on any atom is 0.240 e. The first-order valence-electron chi connectivity index (χ1n) is 7.89. The first kappa shape index (κ1) is 14.9. The lowest BCUT2D eigenvalue weighted by Crippen LogP contribution is -2.35. The van der Waals surface area contributed by atoms with Crippen molar-refractivity contribution in [3.8, 4) is 0 Å². The van der Waals surface area contributed by atoms with E-state index in [0.717, 1.165) is 25.1 Å². The normalized spacial score (nSPS) is 20.8. The molecule has 2 aliphatic rings. The van der Waals surface area contributed by atoms with Crippen molar-refractivity contribution in [2.75, 3.05) is 11.9 Å². The van der Waals surface area contributed by atoms with Crippen LogP contribution in [0.3, 0.4) is 0 Å². The Labute approximate surface area is 127 Å². The van der Waals surface area contributed by atoms with Crippen molar-refractivity contribution in [1.29, 1.82) is 0 Å². The van der Waals surface area contributed by atoms with Gasteiger partial charge in [-0.2, -0.15) is 0 Å². The van der Waals surface area contributed by atoms with Gasteiger partial charge >= 0.3 is 0 Å². The van der Waals surface area contributed by atoms with Crippen LogP contribution in [-0.2, 0) is 10.0 Å². The number of hydrogen-bond acceptors (Lipinski definition) is 3. The van der Waals surface area contributed by atoms with E-state index in [1.165, 1.54) is 25.7 Å². The molecule has 4 nitrogen and oxygen atoms in total. The summed E-state index contributed by atoms with van der Waals surface area (Å²) in [5.41, 5.74) is 1.46. The van der Waals surface area contributed by atoms with Gasteiger partial charge in [0.25, 0.3) is 0 Å². The van der Waals surface area contributed by atoms with Crippen molar-refractivity contribution >= 4 is 15.7 Å². The van der Waals surface area contributed by atoms with Gasteiger partial charge in [0.1, 0.15) is 0 Å². The van der Waals surface area contributed by atoms with E-state index >= 15 is 0 Å². The standard InChI is InChI=1S/C16H24N2O2S/c1-2-16(10-3-11-16)12-17-13-6-8-15(9-7-13)21(19,20)18-14-4-5-14/h6-9,14,17-18H,2-5,10-12H2,1H3. The minimum absolute atomic E-state index is 0.149. The van der Waals surface area contributed by atoms with E-state index in [-0.39, 0.29) is 6.04 Å². The third-order valence-electron chi connectivity index (χ3n) is 4.90. The van der Waals surface area contributed by atoms with Gasteiger partial charge < -0.3 is 5.32 Å². The Balaban J connectivity index is 1.61. The highest BCUT2D eigenvalue weighted by atomic mass is 32.2. The maximum absolute atomic E-state index is 12.1. The van der Waals surface area contributed by atoms with Crippen molar-refractivity contribution in [2.24, 2.45) is 5.41 Å². The molecule has 0 radical (unpaired) electrons. The third-order valence-corrected chi connectivity index (χ3v) is 6.43. The van der Waals surface area contributed by atoms with E-state index in [1.54, 1.807) is 12.1 Å². The Morgan fingerprint density at radius 2 is 1.86 bits per heavy atom. The molecule has 1 aromatic carbocycles. The topological polar surface area (TPSA) is 58.2 Å². The van der Waals surface area contributed by atoms with E-state index in [9.17, 15) is 8.42 Å². The summed E-state index contributed by atoms with van der Waals surface area (Å²) >= 11 is 0. The highest BCUT2D eigenvalue weighted by Crippen LogP contribution is 2.43. The van der Waals surface area contributed by atoms with E-state index in [2.05, 4.69) is 17.0 Å². The first-order valence-corrected chi connectivity index (χ1v) is 9.38. The molecule has 0 heterocycles. The zero-order valence-corrected chi connectivity index (χ0v) is 13.4. The van der Waals surface area contributed by atoms with Gasteiger partial charge in [0.15, 0.2) is 0 Å². The van der Waals surface area contributed by atoms with Crippen LogP contribution in [0.5, 0.6) is 0 Å². The summed E-state index contributed by atoms with van der Waals surface area (Å²) in [6.45, 7) is 3.23. The minimum Gasteiger partial charge on any atom is -0.384 e. The van der Waals surface area contributed by atoms with Crippen LogP contribution in [0, 0.1) is 5.41 Å². The van der Waals surface area contributed by atoms with Crippen LogP contribution in [0.25, 0.3) is 0 Å². The molecule has 2 N–H and O–H groups in total. The van der Waals surface area contributed by atoms with Gasteiger partial charge in [-0.15, -0.1) is 0 Å². The van der Waals surface area contributed by atoms with Gasteiger partial charge in [0.05, 0.1) is 4.90 Å². The molecule has 0 unspecified atom stereocenters. The average molecular weight is 308 g/mol. The Morgan fingerprint density at radius 1 is 1.19 bits per heavy atom. The van der Waals surface area contributed by atoms with Gasteiger partial charge in [-0.1, -0.05) is 13.3 Å². The monoisotopic (exact) mass is 308 g/mol. The molecule has 3 rings (SSSR count). The summed E-state index contributed by atoms with van der Waals surface area (Å²) in [5.74, 6) is 0. The molecule has 116 valence electrons. The molecular weight excluding hydrogens is 284 g/mol. The van der Waals surface area contributed by atoms with Crippen LogP contribution in [0.1, 0.15) is 45.4 Å². The molecule has 2 saturated carbocycles. The highest BCUT2D eigenvalue weighted by molar-refractivity contribution is 7.89. The summed E-state index contributed by atoms with van der Waals surface area (Å²) in [7, 11) is -3.33. The minimum atomic E-state index is -3.33. The molecule has 1 aromatic rings. The van der Waals surface area contributed by atoms with Gasteiger partial charge in [-0.05, 0) is 61.8 Å². The third kappa shape index (κ3) is 3.40. The molecule has 0 spiro atoms. The number of anilines is 1. The van der Waals surface area contributed by atoms with Crippen LogP contribution in [-0.4, -0.2) is 21.0 Å². The van der Waals surface area contributed by atoms with Gasteiger partial charge in [0, 0.05) is 18.3 Å². The molecule has 2 fully saturated rings. The van der Waals surface area contributed by atoms with Crippen molar-refractivity contribution < 1.29 is 8.42 Å². The smallest absolute Gasteiger partial charge is 0.240 e. The molecule has 2 aliphatic carbocycles. The molecule has 0 aromatic heterocycles. The number of benzene rings is 1. The molecular formula is C16H24N2O2S. The number of rotatable bonds is 7. The molecule has 0 aliphatic heterocycles. The average Bonchev–Trinajstić information content (AvgIpc) is 3.22. The van der Waals surface area contributed by atoms with E-state index in [4.69, 9.17) is 0 Å². The van der Waals surface area contributed by atoms with E-state index in [1.807, 2.05) is 12.1 Å². The van der Waals surface area contributed by atoms with Crippen molar-refractivity contribution in [1.82, 2.24) is 4.72 Å². The molecule has 0 amide bonds. The van der Waals surface area contributed by atoms with E-state index in [0.29, 0.717) is 10.3 Å². The van der Waals surface area contributed by atoms with Crippen molar-refractivity contribution in [3.63, 3.8) is 0 Å². The Morgan fingerprint density at radius 3 is 2.33 bits per heavy atom. The van der Waals surface area contributed by atoms with Crippen LogP contribution in [0.4, 0.5) is 5.69 Å². The lowest BCUT2D eigenvalue weighted by Gasteiger charge is -2.41. The summed E-state index contributed by atoms with van der Waals surface area (Å²) in [4.78, 5) is 0.355. The second-order valence-corrected chi connectivity index (χ2v) is 8.19. The van der Waals surface area contributed by atoms with Crippen LogP contribution in [0.15, 0.2) is 29.2 Å². The Hall–Kier alpha value is -1.07. The van der Waals surface area contributed by atoms with Crippen molar-refractivity contribution in [2.45, 2.75) is 56.4 Å². The second-order valence-electron chi connectivity index (χ2n) is 6.48. The molecule has 0 bridgehead atoms. The number of sulfonamides is 1. The summed E-state index contributed by atoms with van der Waals surface area (Å²) < 4.78 is 26.9. The summed E-state index contributed by atoms with van der Waals surface area (Å²) in [5, 5.41) is 3.45. The predicted octanol–water partition coefficient (Wildman–Crippen LogP) is 3.12. The van der Waals surface area contributed by atoms with Crippen LogP contribution >= 0.6 is 0 Å². The van der Waals surface area contributed by atoms with Gasteiger partial charge in [0.2, 0.25) is 10.0 Å². The molecule has 0 atom stereocenters. The zero-order valence-electron chi connectivity index (χ0n) is 12.6. The highest BCUT2D eigenvalue weighted by Gasteiger charge is 2.34. The Kier molecular flexibility index (Phi) is 3.97. The first-order chi connectivity index (χ1) is 10.0. The van der Waals surface area contributed by atoms with Gasteiger partial charge in [-0.3, -0.25) is 0 Å². The maximum atomic E-state index is 12.1. The Bertz CT molecular complexity index is 582. The molecule has 5 heteroatoms. The number of nitrogens with one attached hydrogen (secondary N) is 2. The second kappa shape index (κ2) is 5.61. The van der Waals surface area contributed by atoms with Crippen LogP contribution < -0.4 is 10.0 Å². The summed E-state index contributed by atoms with van der Waals surface area (Å²) in [6.07, 6.45) is 7.05. The quantitative estimate of drug-likeness (QED) is 0.813. The van der Waals surface area contributed by atoms with Gasteiger partial charge in [-0.25, -0.2) is 13.1 Å². The fourth-order valence-corrected chi connectivity index (χ4v) is 4.17.